The van der Waals surface area contributed by atoms with E-state index in [-0.39, 0.29) is 17.8 Å². The molecule has 1 saturated heterocycles. The molecule has 0 aliphatic carbocycles. The van der Waals surface area contributed by atoms with Crippen LogP contribution in [0.3, 0.4) is 0 Å². The van der Waals surface area contributed by atoms with Gasteiger partial charge in [-0.05, 0) is 43.0 Å². The molecule has 0 radical (unpaired) electrons. The number of esters is 1. The molecule has 0 spiro atoms. The summed E-state index contributed by atoms with van der Waals surface area (Å²) in [5, 5.41) is 0.583. The summed E-state index contributed by atoms with van der Waals surface area (Å²) in [6.45, 7) is 1.23. The minimum atomic E-state index is -0.194. The summed E-state index contributed by atoms with van der Waals surface area (Å²) in [5.74, 6) is 0.831. The van der Waals surface area contributed by atoms with Crippen molar-refractivity contribution in [2.45, 2.75) is 19.3 Å². The molecule has 2 aromatic rings. The van der Waals surface area contributed by atoms with Crippen molar-refractivity contribution in [3.63, 3.8) is 0 Å². The molecule has 0 bridgehead atoms. The number of carbonyl (C=O) groups excluding carboxylic acids is 2. The summed E-state index contributed by atoms with van der Waals surface area (Å²) in [5.41, 5.74) is 0.764. The van der Waals surface area contributed by atoms with Gasteiger partial charge in [0.15, 0.2) is 5.76 Å². The molecule has 1 aliphatic rings. The Morgan fingerprint density at radius 1 is 1.20 bits per heavy atom. The average molecular weight is 362 g/mol. The van der Waals surface area contributed by atoms with Gasteiger partial charge < -0.3 is 14.1 Å². The van der Waals surface area contributed by atoms with Crippen LogP contribution in [-0.2, 0) is 9.53 Å². The molecule has 1 aliphatic heterocycles. The predicted molar refractivity (Wildman–Crippen MR) is 94.4 cm³/mol. The summed E-state index contributed by atoms with van der Waals surface area (Å²) in [7, 11) is 1.40. The lowest BCUT2D eigenvalue weighted by atomic mass is 9.93. The van der Waals surface area contributed by atoms with E-state index in [9.17, 15) is 9.59 Å². The highest BCUT2D eigenvalue weighted by Gasteiger charge is 2.27. The molecule has 1 amide bonds. The Labute approximate surface area is 151 Å². The fraction of sp³-hybridized carbons (Fsp3) is 0.368. The van der Waals surface area contributed by atoms with Crippen molar-refractivity contribution >= 4 is 23.5 Å². The van der Waals surface area contributed by atoms with Crippen molar-refractivity contribution in [3.8, 4) is 11.3 Å². The molecule has 2 heterocycles. The predicted octanol–water partition coefficient (Wildman–Crippen LogP) is 4.02. The first-order valence-corrected chi connectivity index (χ1v) is 8.67. The highest BCUT2D eigenvalue weighted by molar-refractivity contribution is 6.33. The number of hydrogen-bond donors (Lipinski definition) is 0. The Hall–Kier alpha value is -2.27. The van der Waals surface area contributed by atoms with E-state index in [0.717, 1.165) is 18.4 Å². The molecule has 25 heavy (non-hydrogen) atoms. The van der Waals surface area contributed by atoms with Crippen LogP contribution in [0.1, 0.15) is 29.8 Å². The standard InChI is InChI=1S/C19H20ClNO4/c1-24-18(22)12-13-8-10-21(11-9-13)19(23)17-7-6-16(25-17)14-4-2-3-5-15(14)20/h2-7,13H,8-12H2,1H3. The molecule has 6 heteroatoms. The minimum Gasteiger partial charge on any atom is -0.469 e. The number of piperidine rings is 1. The van der Waals surface area contributed by atoms with E-state index < -0.39 is 0 Å². The lowest BCUT2D eigenvalue weighted by Gasteiger charge is -2.30. The monoisotopic (exact) mass is 361 g/mol. The van der Waals surface area contributed by atoms with Crippen molar-refractivity contribution < 1.29 is 18.7 Å². The van der Waals surface area contributed by atoms with Crippen molar-refractivity contribution in [2.24, 2.45) is 5.92 Å². The van der Waals surface area contributed by atoms with Gasteiger partial charge in [0.1, 0.15) is 5.76 Å². The van der Waals surface area contributed by atoms with Crippen LogP contribution in [-0.4, -0.2) is 37.0 Å². The van der Waals surface area contributed by atoms with Crippen LogP contribution in [0, 0.1) is 5.92 Å². The van der Waals surface area contributed by atoms with Crippen molar-refractivity contribution in [1.82, 2.24) is 4.90 Å². The van der Waals surface area contributed by atoms with E-state index in [1.807, 2.05) is 18.2 Å². The van der Waals surface area contributed by atoms with E-state index in [1.54, 1.807) is 23.1 Å². The summed E-state index contributed by atoms with van der Waals surface area (Å²) in [6, 6.07) is 10.8. The van der Waals surface area contributed by atoms with Crippen LogP contribution in [0.4, 0.5) is 0 Å². The fourth-order valence-corrected chi connectivity index (χ4v) is 3.30. The Balaban J connectivity index is 1.63. The van der Waals surface area contributed by atoms with Gasteiger partial charge in [0.05, 0.1) is 12.1 Å². The number of rotatable bonds is 4. The first-order chi connectivity index (χ1) is 12.1. The zero-order valence-corrected chi connectivity index (χ0v) is 14.8. The molecule has 0 unspecified atom stereocenters. The lowest BCUT2D eigenvalue weighted by Crippen LogP contribution is -2.38. The van der Waals surface area contributed by atoms with Gasteiger partial charge in [-0.25, -0.2) is 0 Å². The smallest absolute Gasteiger partial charge is 0.305 e. The molecular weight excluding hydrogens is 342 g/mol. The summed E-state index contributed by atoms with van der Waals surface area (Å²) < 4.78 is 10.4. The minimum absolute atomic E-state index is 0.130. The molecule has 0 atom stereocenters. The normalized spacial score (nSPS) is 15.2. The van der Waals surface area contributed by atoms with Crippen LogP contribution in [0.2, 0.25) is 5.02 Å². The third-order valence-electron chi connectivity index (χ3n) is 4.54. The number of hydrogen-bond acceptors (Lipinski definition) is 4. The van der Waals surface area contributed by atoms with Crippen LogP contribution in [0.15, 0.2) is 40.8 Å². The second kappa shape index (κ2) is 7.74. The highest BCUT2D eigenvalue weighted by atomic mass is 35.5. The number of amides is 1. The second-order valence-corrected chi connectivity index (χ2v) is 6.57. The average Bonchev–Trinajstić information content (AvgIpc) is 3.12. The third kappa shape index (κ3) is 4.04. The van der Waals surface area contributed by atoms with Gasteiger partial charge in [-0.2, -0.15) is 0 Å². The van der Waals surface area contributed by atoms with Crippen molar-refractivity contribution in [2.75, 3.05) is 20.2 Å². The quantitative estimate of drug-likeness (QED) is 0.772. The molecule has 5 nitrogen and oxygen atoms in total. The van der Waals surface area contributed by atoms with Crippen LogP contribution in [0.25, 0.3) is 11.3 Å². The number of ether oxygens (including phenoxy) is 1. The first-order valence-electron chi connectivity index (χ1n) is 8.29. The van der Waals surface area contributed by atoms with Crippen LogP contribution >= 0.6 is 11.6 Å². The summed E-state index contributed by atoms with van der Waals surface area (Å²) in [4.78, 5) is 25.7. The number of carbonyl (C=O) groups is 2. The number of furan rings is 1. The third-order valence-corrected chi connectivity index (χ3v) is 4.87. The van der Waals surface area contributed by atoms with Crippen LogP contribution in [0.5, 0.6) is 0 Å². The summed E-state index contributed by atoms with van der Waals surface area (Å²) >= 11 is 6.17. The highest BCUT2D eigenvalue weighted by Crippen LogP contribution is 2.30. The number of benzene rings is 1. The van der Waals surface area contributed by atoms with Gasteiger partial charge in [-0.3, -0.25) is 9.59 Å². The first kappa shape index (κ1) is 17.5. The van der Waals surface area contributed by atoms with Crippen molar-refractivity contribution in [1.29, 1.82) is 0 Å². The second-order valence-electron chi connectivity index (χ2n) is 6.16. The van der Waals surface area contributed by atoms with Gasteiger partial charge in [0, 0.05) is 25.1 Å². The molecule has 1 aromatic carbocycles. The Kier molecular flexibility index (Phi) is 5.43. The maximum absolute atomic E-state index is 12.6. The molecule has 1 fully saturated rings. The Morgan fingerprint density at radius 2 is 1.92 bits per heavy atom. The van der Waals surface area contributed by atoms with Gasteiger partial charge in [-0.15, -0.1) is 0 Å². The molecular formula is C19H20ClNO4. The number of nitrogens with zero attached hydrogens (tertiary/aromatic N) is 1. The van der Waals surface area contributed by atoms with Gasteiger partial charge in [0.2, 0.25) is 0 Å². The van der Waals surface area contributed by atoms with Crippen LogP contribution < -0.4 is 0 Å². The number of halogens is 1. The van der Waals surface area contributed by atoms with E-state index >= 15 is 0 Å². The maximum atomic E-state index is 12.6. The Morgan fingerprint density at radius 3 is 2.60 bits per heavy atom. The molecule has 0 saturated carbocycles. The van der Waals surface area contributed by atoms with Crippen molar-refractivity contribution in [3.05, 3.63) is 47.2 Å². The lowest BCUT2D eigenvalue weighted by molar-refractivity contribution is -0.142. The van der Waals surface area contributed by atoms with E-state index in [2.05, 4.69) is 0 Å². The topological polar surface area (TPSA) is 59.8 Å². The SMILES string of the molecule is COC(=O)CC1CCN(C(=O)c2ccc(-c3ccccc3Cl)o2)CC1. The summed E-state index contributed by atoms with van der Waals surface area (Å²) in [6.07, 6.45) is 1.99. The van der Waals surface area contributed by atoms with Gasteiger partial charge in [-0.1, -0.05) is 23.7 Å². The molecule has 0 N–H and O–H groups in total. The molecule has 1 aromatic heterocycles. The number of likely N-dealkylation sites (tertiary alicyclic amines) is 1. The van der Waals surface area contributed by atoms with E-state index in [4.69, 9.17) is 20.8 Å². The maximum Gasteiger partial charge on any atom is 0.305 e. The van der Waals surface area contributed by atoms with E-state index in [0.29, 0.717) is 36.1 Å². The largest absolute Gasteiger partial charge is 0.469 e. The van der Waals surface area contributed by atoms with Gasteiger partial charge >= 0.3 is 5.97 Å². The fourth-order valence-electron chi connectivity index (χ4n) is 3.07. The zero-order chi connectivity index (χ0) is 17.8. The molecule has 3 rings (SSSR count). The zero-order valence-electron chi connectivity index (χ0n) is 14.0. The van der Waals surface area contributed by atoms with E-state index in [1.165, 1.54) is 7.11 Å². The number of methoxy groups -OCH3 is 1. The Bertz CT molecular complexity index is 762. The van der Waals surface area contributed by atoms with Gasteiger partial charge in [0.25, 0.3) is 5.91 Å². The molecule has 132 valence electrons.